The molecule has 0 N–H and O–H groups in total. The van der Waals surface area contributed by atoms with Crippen LogP contribution in [0.1, 0.15) is 79.1 Å². The van der Waals surface area contributed by atoms with Crippen LogP contribution in [0.5, 0.6) is 0 Å². The molecular weight excluding hydrogens is 396 g/mol. The number of allylic oxidation sites excluding steroid dienone is 2. The van der Waals surface area contributed by atoms with Crippen LogP contribution in [0.2, 0.25) is 0 Å². The molecule has 0 saturated heterocycles. The van der Waals surface area contributed by atoms with Gasteiger partial charge in [0, 0.05) is 0 Å². The van der Waals surface area contributed by atoms with Crippen LogP contribution in [0.15, 0.2) is 11.6 Å². The second-order valence-corrected chi connectivity index (χ2v) is 9.90. The van der Waals surface area contributed by atoms with Gasteiger partial charge in [-0.25, -0.2) is 0 Å². The molecule has 5 atom stereocenters. The van der Waals surface area contributed by atoms with E-state index in [0.717, 1.165) is 38.5 Å². The highest BCUT2D eigenvalue weighted by molar-refractivity contribution is 5.77. The summed E-state index contributed by atoms with van der Waals surface area (Å²) in [6.45, 7) is 9.23. The van der Waals surface area contributed by atoms with Crippen LogP contribution in [0.3, 0.4) is 0 Å². The van der Waals surface area contributed by atoms with Crippen molar-refractivity contribution in [2.24, 2.45) is 28.6 Å². The van der Waals surface area contributed by atoms with Crippen molar-refractivity contribution in [3.8, 4) is 0 Å². The number of esters is 3. The Labute approximate surface area is 187 Å². The van der Waals surface area contributed by atoms with Crippen molar-refractivity contribution < 1.29 is 28.6 Å². The van der Waals surface area contributed by atoms with Crippen LogP contribution in [0.25, 0.3) is 0 Å². The Kier molecular flexibility index (Phi) is 8.73. The van der Waals surface area contributed by atoms with E-state index in [-0.39, 0.29) is 47.4 Å². The molecule has 176 valence electrons. The van der Waals surface area contributed by atoms with Gasteiger partial charge >= 0.3 is 17.9 Å². The van der Waals surface area contributed by atoms with Gasteiger partial charge in [0.25, 0.3) is 0 Å². The van der Waals surface area contributed by atoms with Gasteiger partial charge in [0.1, 0.15) is 0 Å². The molecule has 2 aliphatic rings. The molecule has 0 spiro atoms. The fraction of sp³-hybridized carbons (Fsp3) is 0.800. The van der Waals surface area contributed by atoms with E-state index in [1.165, 1.54) is 19.8 Å². The first-order chi connectivity index (χ1) is 14.6. The standard InChI is InChI=1S/C25H40O6/c1-17(23(28)30-6)12-14-25(4)19(16-31-22(27)11-10-21(26)29-5)13-15-24(3)18(2)8-7-9-20(24)25/h8,17,19-20H,7,9-16H2,1-6H3/t17-,19+,20+,24+,25+/m1/s1. The molecular formula is C25H40O6. The van der Waals surface area contributed by atoms with Crippen LogP contribution in [-0.4, -0.2) is 38.7 Å². The van der Waals surface area contributed by atoms with Gasteiger partial charge in [0.15, 0.2) is 0 Å². The Morgan fingerprint density at radius 3 is 2.42 bits per heavy atom. The first-order valence-electron chi connectivity index (χ1n) is 11.6. The smallest absolute Gasteiger partial charge is 0.308 e. The molecule has 0 aliphatic heterocycles. The maximum absolute atomic E-state index is 12.2. The first-order valence-corrected chi connectivity index (χ1v) is 11.6. The topological polar surface area (TPSA) is 78.9 Å². The zero-order valence-electron chi connectivity index (χ0n) is 20.1. The maximum atomic E-state index is 12.2. The molecule has 0 amide bonds. The number of ether oxygens (including phenoxy) is 3. The SMILES string of the molecule is COC(=O)CCC(=O)OC[C@@H]1CC[C@@]2(C)C(C)=CCC[C@@H]2[C@@]1(C)CC[C@@H](C)C(=O)OC. The predicted molar refractivity (Wildman–Crippen MR) is 118 cm³/mol. The highest BCUT2D eigenvalue weighted by atomic mass is 16.5. The fourth-order valence-corrected chi connectivity index (χ4v) is 5.88. The van der Waals surface area contributed by atoms with Crippen LogP contribution < -0.4 is 0 Å². The lowest BCUT2D eigenvalue weighted by atomic mass is 9.46. The molecule has 31 heavy (non-hydrogen) atoms. The second kappa shape index (κ2) is 10.6. The Balaban J connectivity index is 2.15. The molecule has 0 heterocycles. The Morgan fingerprint density at radius 1 is 1.10 bits per heavy atom. The summed E-state index contributed by atoms with van der Waals surface area (Å²) in [5, 5.41) is 0. The molecule has 6 nitrogen and oxygen atoms in total. The number of methoxy groups -OCH3 is 2. The van der Waals surface area contributed by atoms with Crippen molar-refractivity contribution in [2.45, 2.75) is 79.1 Å². The van der Waals surface area contributed by atoms with E-state index in [1.54, 1.807) is 0 Å². The molecule has 0 radical (unpaired) electrons. The highest BCUT2D eigenvalue weighted by Gasteiger charge is 2.54. The molecule has 0 bridgehead atoms. The lowest BCUT2D eigenvalue weighted by molar-refractivity contribution is -0.154. The number of carbonyl (C=O) groups excluding carboxylic acids is 3. The zero-order chi connectivity index (χ0) is 23.2. The lowest BCUT2D eigenvalue weighted by Crippen LogP contribution is -2.51. The van der Waals surface area contributed by atoms with E-state index in [2.05, 4.69) is 31.6 Å². The summed E-state index contributed by atoms with van der Waals surface area (Å²) >= 11 is 0. The average molecular weight is 437 g/mol. The van der Waals surface area contributed by atoms with Crippen LogP contribution in [0.4, 0.5) is 0 Å². The normalized spacial score (nSPS) is 31.1. The summed E-state index contributed by atoms with van der Waals surface area (Å²) in [7, 11) is 2.75. The third-order valence-electron chi connectivity index (χ3n) is 8.24. The van der Waals surface area contributed by atoms with Gasteiger partial charge < -0.3 is 14.2 Å². The zero-order valence-corrected chi connectivity index (χ0v) is 20.1. The van der Waals surface area contributed by atoms with Gasteiger partial charge in [0.05, 0.1) is 39.6 Å². The van der Waals surface area contributed by atoms with Gasteiger partial charge in [-0.2, -0.15) is 0 Å². The summed E-state index contributed by atoms with van der Waals surface area (Å²) in [5.41, 5.74) is 1.56. The summed E-state index contributed by atoms with van der Waals surface area (Å²) in [6.07, 6.45) is 8.34. The van der Waals surface area contributed by atoms with Crippen LogP contribution in [0, 0.1) is 28.6 Å². The van der Waals surface area contributed by atoms with E-state index in [4.69, 9.17) is 9.47 Å². The van der Waals surface area contributed by atoms with E-state index in [0.29, 0.717) is 12.5 Å². The average Bonchev–Trinajstić information content (AvgIpc) is 2.76. The van der Waals surface area contributed by atoms with Crippen LogP contribution in [-0.2, 0) is 28.6 Å². The van der Waals surface area contributed by atoms with Gasteiger partial charge in [0.2, 0.25) is 0 Å². The number of rotatable bonds is 9. The van der Waals surface area contributed by atoms with Crippen LogP contribution >= 0.6 is 0 Å². The second-order valence-electron chi connectivity index (χ2n) is 9.90. The quantitative estimate of drug-likeness (QED) is 0.292. The molecule has 1 fully saturated rings. The molecule has 6 heteroatoms. The molecule has 2 aliphatic carbocycles. The predicted octanol–water partition coefficient (Wildman–Crippen LogP) is 4.85. The minimum absolute atomic E-state index is 0.0402. The highest BCUT2D eigenvalue weighted by Crippen LogP contribution is 2.62. The molecule has 0 aromatic heterocycles. The monoisotopic (exact) mass is 436 g/mol. The van der Waals surface area contributed by atoms with Crippen molar-refractivity contribution in [3.05, 3.63) is 11.6 Å². The van der Waals surface area contributed by atoms with E-state index in [9.17, 15) is 14.4 Å². The fourth-order valence-electron chi connectivity index (χ4n) is 5.88. The first kappa shape index (κ1) is 25.4. The minimum atomic E-state index is -0.406. The Morgan fingerprint density at radius 2 is 1.77 bits per heavy atom. The van der Waals surface area contributed by atoms with Crippen molar-refractivity contribution in [3.63, 3.8) is 0 Å². The minimum Gasteiger partial charge on any atom is -0.469 e. The molecule has 1 saturated carbocycles. The number of carbonyl (C=O) groups is 3. The largest absolute Gasteiger partial charge is 0.469 e. The van der Waals surface area contributed by atoms with E-state index >= 15 is 0 Å². The third-order valence-corrected chi connectivity index (χ3v) is 8.24. The maximum Gasteiger partial charge on any atom is 0.308 e. The van der Waals surface area contributed by atoms with E-state index in [1.807, 2.05) is 6.92 Å². The number of hydrogen-bond donors (Lipinski definition) is 0. The Bertz CT molecular complexity index is 698. The molecule has 0 aromatic rings. The van der Waals surface area contributed by atoms with E-state index < -0.39 is 5.97 Å². The summed E-state index contributed by atoms with van der Waals surface area (Å²) in [5.74, 6) is -0.392. The van der Waals surface area contributed by atoms with Gasteiger partial charge in [-0.05, 0) is 68.1 Å². The van der Waals surface area contributed by atoms with Crippen molar-refractivity contribution in [1.29, 1.82) is 0 Å². The third kappa shape index (κ3) is 5.69. The molecule has 2 rings (SSSR count). The summed E-state index contributed by atoms with van der Waals surface area (Å²) in [6, 6.07) is 0. The van der Waals surface area contributed by atoms with Crippen molar-refractivity contribution >= 4 is 17.9 Å². The number of hydrogen-bond acceptors (Lipinski definition) is 6. The van der Waals surface area contributed by atoms with Crippen molar-refractivity contribution in [1.82, 2.24) is 0 Å². The lowest BCUT2D eigenvalue weighted by Gasteiger charge is -2.58. The van der Waals surface area contributed by atoms with Crippen molar-refractivity contribution in [2.75, 3.05) is 20.8 Å². The summed E-state index contributed by atoms with van der Waals surface area (Å²) < 4.78 is 15.2. The van der Waals surface area contributed by atoms with Gasteiger partial charge in [-0.1, -0.05) is 32.4 Å². The Hall–Kier alpha value is -1.85. The van der Waals surface area contributed by atoms with Gasteiger partial charge in [-0.3, -0.25) is 14.4 Å². The summed E-state index contributed by atoms with van der Waals surface area (Å²) in [4.78, 5) is 35.5. The molecule has 0 unspecified atom stereocenters. The van der Waals surface area contributed by atoms with Gasteiger partial charge in [-0.15, -0.1) is 0 Å². The number of fused-ring (bicyclic) bond motifs is 1. The molecule has 0 aromatic carbocycles.